The molecule has 3 aromatic carbocycles. The van der Waals surface area contributed by atoms with Crippen molar-refractivity contribution in [1.82, 2.24) is 4.90 Å². The number of rotatable bonds is 14. The van der Waals surface area contributed by atoms with Gasteiger partial charge in [0.25, 0.3) is 0 Å². The van der Waals surface area contributed by atoms with Gasteiger partial charge in [-0.15, -0.1) is 0 Å². The predicted molar refractivity (Wildman–Crippen MR) is 162 cm³/mol. The van der Waals surface area contributed by atoms with E-state index in [1.54, 1.807) is 12.1 Å². The van der Waals surface area contributed by atoms with Crippen molar-refractivity contribution in [2.75, 3.05) is 32.9 Å². The van der Waals surface area contributed by atoms with Crippen LogP contribution in [0.4, 0.5) is 15.3 Å². The molecule has 0 radical (unpaired) electrons. The fourth-order valence-electron chi connectivity index (χ4n) is 4.34. The van der Waals surface area contributed by atoms with E-state index in [0.29, 0.717) is 24.0 Å². The van der Waals surface area contributed by atoms with E-state index in [1.165, 1.54) is 49.4 Å². The van der Waals surface area contributed by atoms with Crippen LogP contribution in [0, 0.1) is 0 Å². The summed E-state index contributed by atoms with van der Waals surface area (Å²) in [7, 11) is -2.30. The van der Waals surface area contributed by atoms with E-state index in [-0.39, 0.29) is 42.6 Å². The zero-order chi connectivity index (χ0) is 31.7. The largest absolute Gasteiger partial charge is 0.488 e. The van der Waals surface area contributed by atoms with Crippen molar-refractivity contribution >= 4 is 40.3 Å². The van der Waals surface area contributed by atoms with E-state index < -0.39 is 40.5 Å². The molecule has 0 heterocycles. The number of nitrogens with zero attached hydrogens (tertiary/aromatic N) is 1. The standard InChI is InChI=1S/C30H35BN2O10S/c1-33(30(35)42-18-21-6-4-3-5-7-21)17-23-16-25(12-15-28(23)44(38,39)26-13-14-26)32-29(34)41-19-27(43-20-40-2)22-8-10-24(11-9-22)31(36)37/h3-12,15-16,26-27,36-37H,13-14,17-20H2,1-2H3,(H,32,34)/t27-/m0/s1. The molecule has 234 valence electrons. The Balaban J connectivity index is 1.44. The Morgan fingerprint density at radius 2 is 1.73 bits per heavy atom. The highest BCUT2D eigenvalue weighted by Crippen LogP contribution is 2.36. The predicted octanol–water partition coefficient (Wildman–Crippen LogP) is 2.98. The van der Waals surface area contributed by atoms with Crippen LogP contribution in [-0.4, -0.2) is 75.5 Å². The molecule has 4 rings (SSSR count). The molecule has 0 aromatic heterocycles. The minimum absolute atomic E-state index is 0.0628. The van der Waals surface area contributed by atoms with E-state index in [0.717, 1.165) is 5.56 Å². The van der Waals surface area contributed by atoms with E-state index in [4.69, 9.17) is 18.9 Å². The first-order valence-corrected chi connectivity index (χ1v) is 15.4. The highest BCUT2D eigenvalue weighted by atomic mass is 32.2. The maximum Gasteiger partial charge on any atom is 0.488 e. The lowest BCUT2D eigenvalue weighted by atomic mass is 9.80. The summed E-state index contributed by atoms with van der Waals surface area (Å²) in [6.45, 7) is -0.299. The smallest absolute Gasteiger partial charge is 0.446 e. The molecule has 0 aliphatic heterocycles. The van der Waals surface area contributed by atoms with Crippen molar-refractivity contribution in [2.24, 2.45) is 0 Å². The minimum atomic E-state index is -3.62. The second kappa shape index (κ2) is 15.2. The van der Waals surface area contributed by atoms with E-state index in [1.807, 2.05) is 30.3 Å². The minimum Gasteiger partial charge on any atom is -0.446 e. The molecule has 0 unspecified atom stereocenters. The number of methoxy groups -OCH3 is 1. The number of hydrogen-bond acceptors (Lipinski definition) is 10. The summed E-state index contributed by atoms with van der Waals surface area (Å²) in [5.74, 6) is 0. The van der Waals surface area contributed by atoms with Crippen LogP contribution in [-0.2, 0) is 41.9 Å². The molecule has 12 nitrogen and oxygen atoms in total. The molecule has 0 spiro atoms. The summed E-state index contributed by atoms with van der Waals surface area (Å²) in [5, 5.41) is 20.8. The van der Waals surface area contributed by atoms with Crippen LogP contribution in [0.5, 0.6) is 0 Å². The summed E-state index contributed by atoms with van der Waals surface area (Å²) in [6.07, 6.45) is -1.04. The Labute approximate surface area is 256 Å². The first kappa shape index (κ1) is 33.0. The second-order valence-electron chi connectivity index (χ2n) is 10.3. The monoisotopic (exact) mass is 626 g/mol. The lowest BCUT2D eigenvalue weighted by molar-refractivity contribution is -0.0893. The fraction of sp³-hybridized carbons (Fsp3) is 0.333. The highest BCUT2D eigenvalue weighted by Gasteiger charge is 2.38. The summed E-state index contributed by atoms with van der Waals surface area (Å²) in [4.78, 5) is 26.8. The molecule has 0 saturated heterocycles. The van der Waals surface area contributed by atoms with Crippen LogP contribution >= 0.6 is 0 Å². The van der Waals surface area contributed by atoms with Crippen molar-refractivity contribution in [3.05, 3.63) is 89.5 Å². The lowest BCUT2D eigenvalue weighted by Gasteiger charge is -2.20. The van der Waals surface area contributed by atoms with Gasteiger partial charge in [-0.1, -0.05) is 54.6 Å². The van der Waals surface area contributed by atoms with Gasteiger partial charge >= 0.3 is 19.3 Å². The number of hydrogen-bond donors (Lipinski definition) is 3. The van der Waals surface area contributed by atoms with Gasteiger partial charge in [0.1, 0.15) is 26.1 Å². The highest BCUT2D eigenvalue weighted by molar-refractivity contribution is 7.92. The molecule has 3 aromatic rings. The van der Waals surface area contributed by atoms with Crippen molar-refractivity contribution in [3.8, 4) is 0 Å². The Morgan fingerprint density at radius 1 is 1.02 bits per heavy atom. The van der Waals surface area contributed by atoms with Crippen molar-refractivity contribution in [2.45, 2.75) is 42.2 Å². The number of sulfone groups is 1. The van der Waals surface area contributed by atoms with Gasteiger partial charge in [-0.2, -0.15) is 0 Å². The van der Waals surface area contributed by atoms with Crippen LogP contribution in [0.1, 0.15) is 35.6 Å². The van der Waals surface area contributed by atoms with Gasteiger partial charge in [0.15, 0.2) is 9.84 Å². The molecule has 0 bridgehead atoms. The van der Waals surface area contributed by atoms with Gasteiger partial charge in [0, 0.05) is 19.8 Å². The van der Waals surface area contributed by atoms with Gasteiger partial charge < -0.3 is 33.9 Å². The Bertz CT molecular complexity index is 1520. The first-order chi connectivity index (χ1) is 21.1. The second-order valence-corrected chi connectivity index (χ2v) is 12.5. The molecular formula is C30H35BN2O10S. The number of ether oxygens (including phenoxy) is 4. The number of carbonyl (C=O) groups excluding carboxylic acids is 2. The molecule has 1 aliphatic carbocycles. The number of carbonyl (C=O) groups is 2. The molecule has 2 amide bonds. The molecule has 14 heteroatoms. The van der Waals surface area contributed by atoms with Gasteiger partial charge in [0.2, 0.25) is 0 Å². The summed E-state index contributed by atoms with van der Waals surface area (Å²) < 4.78 is 47.7. The summed E-state index contributed by atoms with van der Waals surface area (Å²) in [6, 6.07) is 19.8. The zero-order valence-corrected chi connectivity index (χ0v) is 25.2. The number of amides is 2. The molecule has 1 atom stereocenters. The van der Waals surface area contributed by atoms with Gasteiger partial charge in [0.05, 0.1) is 16.7 Å². The zero-order valence-electron chi connectivity index (χ0n) is 24.4. The molecule has 1 aliphatic rings. The molecule has 1 saturated carbocycles. The first-order valence-electron chi connectivity index (χ1n) is 13.9. The SMILES string of the molecule is COCO[C@@H](COC(=O)Nc1ccc(S(=O)(=O)C2CC2)c(CN(C)C(=O)OCc2ccccc2)c1)c1ccc(B(O)O)cc1. The molecule has 3 N–H and O–H groups in total. The molecule has 1 fully saturated rings. The number of nitrogens with one attached hydrogen (secondary N) is 1. The number of benzene rings is 3. The number of anilines is 1. The van der Waals surface area contributed by atoms with E-state index >= 15 is 0 Å². The maximum absolute atomic E-state index is 13.2. The third-order valence-electron chi connectivity index (χ3n) is 6.86. The summed E-state index contributed by atoms with van der Waals surface area (Å²) >= 11 is 0. The summed E-state index contributed by atoms with van der Waals surface area (Å²) in [5.41, 5.74) is 2.30. The van der Waals surface area contributed by atoms with E-state index in [9.17, 15) is 28.1 Å². The van der Waals surface area contributed by atoms with Crippen LogP contribution in [0.2, 0.25) is 0 Å². The average Bonchev–Trinajstić information content (AvgIpc) is 3.87. The lowest BCUT2D eigenvalue weighted by Crippen LogP contribution is -2.29. The van der Waals surface area contributed by atoms with Gasteiger partial charge in [-0.05, 0) is 53.2 Å². The van der Waals surface area contributed by atoms with Gasteiger partial charge in [-0.3, -0.25) is 5.32 Å². The van der Waals surface area contributed by atoms with Crippen molar-refractivity contribution in [1.29, 1.82) is 0 Å². The van der Waals surface area contributed by atoms with Crippen LogP contribution in [0.3, 0.4) is 0 Å². The fourth-order valence-corrected chi connectivity index (χ4v) is 6.21. The van der Waals surface area contributed by atoms with Crippen LogP contribution in [0.25, 0.3) is 0 Å². The Morgan fingerprint density at radius 3 is 2.36 bits per heavy atom. The molecular weight excluding hydrogens is 591 g/mol. The third kappa shape index (κ3) is 9.03. The topological polar surface area (TPSA) is 161 Å². The van der Waals surface area contributed by atoms with Crippen molar-refractivity contribution in [3.63, 3.8) is 0 Å². The van der Waals surface area contributed by atoms with Crippen LogP contribution in [0.15, 0.2) is 77.7 Å². The average molecular weight is 626 g/mol. The quantitative estimate of drug-likeness (QED) is 0.179. The maximum atomic E-state index is 13.2. The van der Waals surface area contributed by atoms with E-state index in [2.05, 4.69) is 5.32 Å². The van der Waals surface area contributed by atoms with Crippen LogP contribution < -0.4 is 10.8 Å². The third-order valence-corrected chi connectivity index (χ3v) is 9.22. The Hall–Kier alpha value is -3.95. The normalized spacial score (nSPS) is 13.5. The van der Waals surface area contributed by atoms with Gasteiger partial charge in [-0.25, -0.2) is 18.0 Å². The molecule has 44 heavy (non-hydrogen) atoms. The van der Waals surface area contributed by atoms with Crippen molar-refractivity contribution < 1.29 is 47.0 Å². The Kier molecular flexibility index (Phi) is 11.4.